The van der Waals surface area contributed by atoms with E-state index >= 15 is 0 Å². The molecule has 0 aromatic rings. The molecule has 0 amide bonds. The Labute approximate surface area is 53.8 Å². The summed E-state index contributed by atoms with van der Waals surface area (Å²) >= 11 is 0. The van der Waals surface area contributed by atoms with Crippen LogP contribution >= 0.6 is 0 Å². The zero-order chi connectivity index (χ0) is 6.91. The second-order valence-electron chi connectivity index (χ2n) is 2.23. The lowest BCUT2D eigenvalue weighted by Gasteiger charge is -2.00. The molecule has 1 fully saturated rings. The minimum absolute atomic E-state index is 0.0729. The third-order valence-electron chi connectivity index (χ3n) is 1.42. The average molecular weight is 151 g/mol. The van der Waals surface area contributed by atoms with E-state index in [0.717, 1.165) is 0 Å². The first kappa shape index (κ1) is 6.98. The van der Waals surface area contributed by atoms with Crippen LogP contribution in [-0.2, 0) is 9.84 Å². The smallest absolute Gasteiger partial charge is 0.151 e. The van der Waals surface area contributed by atoms with Gasteiger partial charge >= 0.3 is 0 Å². The van der Waals surface area contributed by atoms with Gasteiger partial charge in [-0.3, -0.25) is 0 Å². The van der Waals surface area contributed by atoms with Crippen LogP contribution < -0.4 is 5.48 Å². The van der Waals surface area contributed by atoms with Gasteiger partial charge in [0.15, 0.2) is 9.84 Å². The predicted octanol–water partition coefficient (Wildman–Crippen LogP) is -0.848. The minimum Gasteiger partial charge on any atom is -0.317 e. The van der Waals surface area contributed by atoms with Crippen molar-refractivity contribution < 1.29 is 13.6 Å². The van der Waals surface area contributed by atoms with Gasteiger partial charge in [-0.05, 0) is 6.42 Å². The Morgan fingerprint density at radius 3 is 2.44 bits per heavy atom. The molecule has 1 unspecified atom stereocenters. The summed E-state index contributed by atoms with van der Waals surface area (Å²) in [5, 5.41) is 8.28. The van der Waals surface area contributed by atoms with Gasteiger partial charge < -0.3 is 5.21 Å². The Morgan fingerprint density at radius 2 is 2.22 bits per heavy atom. The van der Waals surface area contributed by atoms with Crippen LogP contribution in [0, 0.1) is 0 Å². The third kappa shape index (κ3) is 1.64. The predicted molar refractivity (Wildman–Crippen MR) is 32.0 cm³/mol. The Morgan fingerprint density at radius 1 is 1.56 bits per heavy atom. The fraction of sp³-hybridized carbons (Fsp3) is 1.00. The summed E-state index contributed by atoms with van der Waals surface area (Å²) in [6.07, 6.45) is 0.527. The number of nitrogens with one attached hydrogen (secondary N) is 1. The lowest BCUT2D eigenvalue weighted by atomic mass is 10.3. The van der Waals surface area contributed by atoms with Gasteiger partial charge in [-0.2, -0.15) is 0 Å². The summed E-state index contributed by atoms with van der Waals surface area (Å²) in [5.41, 5.74) is 1.94. The maximum atomic E-state index is 10.6. The number of hydroxylamine groups is 1. The summed E-state index contributed by atoms with van der Waals surface area (Å²) in [6, 6.07) is -0.241. The first-order valence-electron chi connectivity index (χ1n) is 2.74. The highest BCUT2D eigenvalue weighted by Crippen LogP contribution is 2.09. The van der Waals surface area contributed by atoms with E-state index in [0.29, 0.717) is 6.42 Å². The molecule has 1 saturated heterocycles. The van der Waals surface area contributed by atoms with Gasteiger partial charge in [0.2, 0.25) is 0 Å². The lowest BCUT2D eigenvalue weighted by molar-refractivity contribution is 0.135. The number of hydrogen-bond donors (Lipinski definition) is 2. The molecule has 0 bridgehead atoms. The van der Waals surface area contributed by atoms with E-state index in [4.69, 9.17) is 5.21 Å². The van der Waals surface area contributed by atoms with Gasteiger partial charge in [-0.25, -0.2) is 13.9 Å². The van der Waals surface area contributed by atoms with Gasteiger partial charge in [-0.1, -0.05) is 0 Å². The van der Waals surface area contributed by atoms with Crippen molar-refractivity contribution in [3.05, 3.63) is 0 Å². The molecule has 0 aliphatic carbocycles. The van der Waals surface area contributed by atoms with Crippen LogP contribution in [0.1, 0.15) is 6.42 Å². The van der Waals surface area contributed by atoms with Gasteiger partial charge in [0.25, 0.3) is 0 Å². The van der Waals surface area contributed by atoms with E-state index in [-0.39, 0.29) is 17.5 Å². The van der Waals surface area contributed by atoms with Crippen LogP contribution in [0.2, 0.25) is 0 Å². The molecule has 1 heterocycles. The highest BCUT2D eigenvalue weighted by atomic mass is 32.2. The minimum atomic E-state index is -2.83. The van der Waals surface area contributed by atoms with Crippen molar-refractivity contribution in [1.29, 1.82) is 0 Å². The van der Waals surface area contributed by atoms with Gasteiger partial charge in [0.1, 0.15) is 0 Å². The summed E-state index contributed by atoms with van der Waals surface area (Å²) in [4.78, 5) is 0. The highest BCUT2D eigenvalue weighted by molar-refractivity contribution is 7.91. The summed E-state index contributed by atoms with van der Waals surface area (Å²) in [5.74, 6) is 0.273. The van der Waals surface area contributed by atoms with Crippen LogP contribution in [-0.4, -0.2) is 31.2 Å². The standard InChI is InChI=1S/C4H9NO3S/c6-5-4-1-2-9(7,8)3-4/h4-6H,1-3H2. The summed E-state index contributed by atoms with van der Waals surface area (Å²) in [6.45, 7) is 0. The fourth-order valence-corrected chi connectivity index (χ4v) is 2.56. The van der Waals surface area contributed by atoms with Crippen molar-refractivity contribution in [3.8, 4) is 0 Å². The van der Waals surface area contributed by atoms with E-state index in [1.165, 1.54) is 0 Å². The zero-order valence-electron chi connectivity index (χ0n) is 4.87. The van der Waals surface area contributed by atoms with Crippen molar-refractivity contribution in [1.82, 2.24) is 5.48 Å². The van der Waals surface area contributed by atoms with Crippen LogP contribution in [0.5, 0.6) is 0 Å². The molecule has 2 N–H and O–H groups in total. The number of rotatable bonds is 1. The average Bonchev–Trinajstić information content (AvgIpc) is 2.10. The first-order chi connectivity index (χ1) is 4.14. The largest absolute Gasteiger partial charge is 0.317 e. The molecule has 5 heteroatoms. The van der Waals surface area contributed by atoms with E-state index in [9.17, 15) is 8.42 Å². The van der Waals surface area contributed by atoms with Crippen molar-refractivity contribution in [2.75, 3.05) is 11.5 Å². The van der Waals surface area contributed by atoms with Crippen molar-refractivity contribution in [2.45, 2.75) is 12.5 Å². The maximum absolute atomic E-state index is 10.6. The Balaban J connectivity index is 2.58. The third-order valence-corrected chi connectivity index (χ3v) is 3.18. The van der Waals surface area contributed by atoms with E-state index in [1.54, 1.807) is 0 Å². The molecule has 1 atom stereocenters. The Hall–Kier alpha value is -0.130. The SMILES string of the molecule is O=S1(=O)CCC(NO)C1. The van der Waals surface area contributed by atoms with Crippen LogP contribution in [0.4, 0.5) is 0 Å². The van der Waals surface area contributed by atoms with Crippen LogP contribution in [0.25, 0.3) is 0 Å². The van der Waals surface area contributed by atoms with E-state index in [1.807, 2.05) is 5.48 Å². The van der Waals surface area contributed by atoms with Crippen molar-refractivity contribution in [3.63, 3.8) is 0 Å². The molecular formula is C4H9NO3S. The molecule has 9 heavy (non-hydrogen) atoms. The van der Waals surface area contributed by atoms with E-state index < -0.39 is 9.84 Å². The monoisotopic (exact) mass is 151 g/mol. The van der Waals surface area contributed by atoms with Crippen LogP contribution in [0.3, 0.4) is 0 Å². The molecule has 0 radical (unpaired) electrons. The lowest BCUT2D eigenvalue weighted by Crippen LogP contribution is -2.26. The summed E-state index contributed by atoms with van der Waals surface area (Å²) in [7, 11) is -2.83. The summed E-state index contributed by atoms with van der Waals surface area (Å²) < 4.78 is 21.3. The normalized spacial score (nSPS) is 32.8. The second kappa shape index (κ2) is 2.24. The van der Waals surface area contributed by atoms with Crippen molar-refractivity contribution >= 4 is 9.84 Å². The fourth-order valence-electron chi connectivity index (χ4n) is 0.897. The molecule has 1 aliphatic rings. The van der Waals surface area contributed by atoms with Gasteiger partial charge in [0, 0.05) is 6.04 Å². The molecule has 0 saturated carbocycles. The molecule has 0 aromatic carbocycles. The van der Waals surface area contributed by atoms with Gasteiger partial charge in [-0.15, -0.1) is 0 Å². The highest BCUT2D eigenvalue weighted by Gasteiger charge is 2.26. The quantitative estimate of drug-likeness (QED) is 0.479. The zero-order valence-corrected chi connectivity index (χ0v) is 5.69. The van der Waals surface area contributed by atoms with E-state index in [2.05, 4.69) is 0 Å². The van der Waals surface area contributed by atoms with Gasteiger partial charge in [0.05, 0.1) is 11.5 Å². The molecule has 1 aliphatic heterocycles. The molecule has 1 rings (SSSR count). The van der Waals surface area contributed by atoms with Crippen molar-refractivity contribution in [2.24, 2.45) is 0 Å². The Kier molecular flexibility index (Phi) is 1.74. The maximum Gasteiger partial charge on any atom is 0.151 e. The number of sulfone groups is 1. The Bertz CT molecular complexity index is 186. The van der Waals surface area contributed by atoms with Crippen LogP contribution in [0.15, 0.2) is 0 Å². The number of hydrogen-bond acceptors (Lipinski definition) is 4. The first-order valence-corrected chi connectivity index (χ1v) is 4.56. The molecule has 0 spiro atoms. The second-order valence-corrected chi connectivity index (χ2v) is 4.46. The topological polar surface area (TPSA) is 66.4 Å². The molecular weight excluding hydrogens is 142 g/mol. The molecule has 4 nitrogen and oxygen atoms in total. The molecule has 0 aromatic heterocycles. The molecule has 54 valence electrons.